The molecule has 1 aliphatic carbocycles. The maximum atomic E-state index is 6.68. The summed E-state index contributed by atoms with van der Waals surface area (Å²) in [6.45, 7) is 0. The first-order valence-corrected chi connectivity index (χ1v) is 20.2. The van der Waals surface area contributed by atoms with Gasteiger partial charge in [-0.3, -0.25) is 0 Å². The van der Waals surface area contributed by atoms with Crippen LogP contribution < -0.4 is 0 Å². The molecule has 0 N–H and O–H groups in total. The van der Waals surface area contributed by atoms with E-state index in [0.717, 1.165) is 51.5 Å². The predicted molar refractivity (Wildman–Crippen MR) is 240 cm³/mol. The molecular weight excluding hydrogens is 707 g/mol. The van der Waals surface area contributed by atoms with Crippen LogP contribution in [0.4, 0.5) is 0 Å². The normalized spacial score (nSPS) is 12.7. The van der Waals surface area contributed by atoms with Crippen LogP contribution in [-0.4, -0.2) is 13.7 Å². The van der Waals surface area contributed by atoms with Crippen LogP contribution in [-0.2, 0) is 12.8 Å². The second kappa shape index (κ2) is 12.0. The molecule has 8 aromatic carbocycles. The number of fused-ring (bicyclic) bond motifs is 14. The lowest BCUT2D eigenvalue weighted by Gasteiger charge is -2.20. The van der Waals surface area contributed by atoms with Gasteiger partial charge in [0.2, 0.25) is 0 Å². The van der Waals surface area contributed by atoms with E-state index in [0.29, 0.717) is 0 Å². The van der Waals surface area contributed by atoms with Gasteiger partial charge in [-0.25, -0.2) is 0 Å². The Morgan fingerprint density at radius 2 is 0.828 bits per heavy atom. The molecule has 272 valence electrons. The van der Waals surface area contributed by atoms with Gasteiger partial charge >= 0.3 is 0 Å². The van der Waals surface area contributed by atoms with E-state index in [9.17, 15) is 0 Å². The van der Waals surface area contributed by atoms with Gasteiger partial charge < -0.3 is 18.1 Å². The van der Waals surface area contributed by atoms with Crippen molar-refractivity contribution in [3.05, 3.63) is 199 Å². The summed E-state index contributed by atoms with van der Waals surface area (Å²) in [5.74, 6) is 0. The first kappa shape index (κ1) is 31.6. The molecule has 4 heteroatoms. The van der Waals surface area contributed by atoms with Crippen molar-refractivity contribution < 1.29 is 4.42 Å². The summed E-state index contributed by atoms with van der Waals surface area (Å²) in [7, 11) is 0. The molecule has 4 nitrogen and oxygen atoms in total. The quantitative estimate of drug-likeness (QED) is 0.176. The lowest BCUT2D eigenvalue weighted by molar-refractivity contribution is 0.671. The highest BCUT2D eigenvalue weighted by atomic mass is 16.3. The molecule has 0 unspecified atom stereocenters. The molecule has 0 saturated heterocycles. The molecule has 1 aliphatic rings. The van der Waals surface area contributed by atoms with E-state index >= 15 is 0 Å². The van der Waals surface area contributed by atoms with Gasteiger partial charge in [0.25, 0.3) is 0 Å². The fraction of sp³-hybridized carbons (Fsp3) is 0.0370. The van der Waals surface area contributed by atoms with Crippen molar-refractivity contribution in [1.29, 1.82) is 0 Å². The lowest BCUT2D eigenvalue weighted by atomic mass is 9.90. The number of nitrogens with zero attached hydrogens (tertiary/aromatic N) is 3. The Balaban J connectivity index is 1.08. The van der Waals surface area contributed by atoms with Crippen LogP contribution in [0.25, 0.3) is 105 Å². The van der Waals surface area contributed by atoms with Gasteiger partial charge in [0.15, 0.2) is 5.58 Å². The average molecular weight is 742 g/mol. The number of rotatable bonds is 4. The van der Waals surface area contributed by atoms with Crippen molar-refractivity contribution in [3.8, 4) is 39.3 Å². The summed E-state index contributed by atoms with van der Waals surface area (Å²) in [6, 6.07) is 68.4. The minimum atomic E-state index is 0.907. The van der Waals surface area contributed by atoms with E-state index in [2.05, 4.69) is 196 Å². The van der Waals surface area contributed by atoms with Crippen LogP contribution in [0.5, 0.6) is 0 Å². The maximum absolute atomic E-state index is 6.68. The fourth-order valence-electron chi connectivity index (χ4n) is 10.1. The van der Waals surface area contributed by atoms with Crippen molar-refractivity contribution >= 4 is 65.6 Å². The minimum Gasteiger partial charge on any atom is -0.454 e. The summed E-state index contributed by atoms with van der Waals surface area (Å²) in [5.41, 5.74) is 17.9. The number of hydrogen-bond acceptors (Lipinski definition) is 1. The van der Waals surface area contributed by atoms with E-state index in [4.69, 9.17) is 4.42 Å². The highest BCUT2D eigenvalue weighted by Crippen LogP contribution is 2.49. The Bertz CT molecular complexity index is 3600. The van der Waals surface area contributed by atoms with Gasteiger partial charge in [0.1, 0.15) is 5.58 Å². The third-order valence-corrected chi connectivity index (χ3v) is 12.5. The molecule has 0 fully saturated rings. The van der Waals surface area contributed by atoms with Gasteiger partial charge in [-0.05, 0) is 103 Å². The van der Waals surface area contributed by atoms with Gasteiger partial charge in [0, 0.05) is 71.9 Å². The van der Waals surface area contributed by atoms with E-state index in [1.165, 1.54) is 77.6 Å². The number of furan rings is 1. The Morgan fingerprint density at radius 1 is 0.345 bits per heavy atom. The van der Waals surface area contributed by atoms with Crippen molar-refractivity contribution in [2.75, 3.05) is 0 Å². The average Bonchev–Trinajstić information content (AvgIpc) is 4.03. The standard InChI is InChI=1S/C54H35N3O/c1-4-14-36(15-5-1)55-45-22-12-10-21-42(45)51-48(55)30-31-49-52(51)44-33-35(25-29-47(44)56(49)37-16-6-2-7-17-37)34-24-28-46-43(32-34)40-26-27-41-39-20-11-13-23-50(39)58-54(41)53(40)57(46)38-18-8-3-9-19-38/h1-29,32-33H,30-31H2. The molecule has 0 radical (unpaired) electrons. The van der Waals surface area contributed by atoms with Crippen molar-refractivity contribution in [2.45, 2.75) is 12.8 Å². The molecule has 0 amide bonds. The van der Waals surface area contributed by atoms with Crippen LogP contribution >= 0.6 is 0 Å². The third-order valence-electron chi connectivity index (χ3n) is 12.5. The summed E-state index contributed by atoms with van der Waals surface area (Å²) >= 11 is 0. The molecular formula is C54H35N3O. The van der Waals surface area contributed by atoms with E-state index in [1.54, 1.807) is 0 Å². The summed E-state index contributed by atoms with van der Waals surface area (Å²) in [4.78, 5) is 0. The van der Waals surface area contributed by atoms with Crippen molar-refractivity contribution in [2.24, 2.45) is 0 Å². The molecule has 58 heavy (non-hydrogen) atoms. The Morgan fingerprint density at radius 3 is 1.48 bits per heavy atom. The summed E-state index contributed by atoms with van der Waals surface area (Å²) in [6.07, 6.45) is 1.91. The maximum Gasteiger partial charge on any atom is 0.160 e. The van der Waals surface area contributed by atoms with Crippen LogP contribution in [0.15, 0.2) is 192 Å². The first-order valence-electron chi connectivity index (χ1n) is 20.2. The highest BCUT2D eigenvalue weighted by molar-refractivity contribution is 6.22. The van der Waals surface area contributed by atoms with Gasteiger partial charge in [-0.1, -0.05) is 109 Å². The van der Waals surface area contributed by atoms with E-state index < -0.39 is 0 Å². The zero-order valence-corrected chi connectivity index (χ0v) is 31.6. The Kier molecular flexibility index (Phi) is 6.53. The molecule has 0 spiro atoms. The molecule has 4 aromatic heterocycles. The minimum absolute atomic E-state index is 0.907. The lowest BCUT2D eigenvalue weighted by Crippen LogP contribution is -2.10. The Labute approximate surface area is 334 Å². The van der Waals surface area contributed by atoms with Gasteiger partial charge in [-0.2, -0.15) is 0 Å². The number of aromatic nitrogens is 3. The fourth-order valence-corrected chi connectivity index (χ4v) is 10.1. The second-order valence-electron chi connectivity index (χ2n) is 15.6. The number of benzene rings is 8. The number of hydrogen-bond donors (Lipinski definition) is 0. The monoisotopic (exact) mass is 741 g/mol. The van der Waals surface area contributed by atoms with Crippen LogP contribution in [0.3, 0.4) is 0 Å². The van der Waals surface area contributed by atoms with Crippen LogP contribution in [0, 0.1) is 0 Å². The predicted octanol–water partition coefficient (Wildman–Crippen LogP) is 14.0. The first-order chi connectivity index (χ1) is 28.8. The molecule has 0 atom stereocenters. The topological polar surface area (TPSA) is 27.9 Å². The molecule has 4 heterocycles. The van der Waals surface area contributed by atoms with Gasteiger partial charge in [0.05, 0.1) is 22.1 Å². The molecule has 12 aromatic rings. The van der Waals surface area contributed by atoms with Crippen molar-refractivity contribution in [3.63, 3.8) is 0 Å². The van der Waals surface area contributed by atoms with Crippen molar-refractivity contribution in [1.82, 2.24) is 13.7 Å². The summed E-state index contributed by atoms with van der Waals surface area (Å²) in [5, 5.41) is 7.24. The molecule has 0 bridgehead atoms. The van der Waals surface area contributed by atoms with Crippen LogP contribution in [0.2, 0.25) is 0 Å². The Hall–Kier alpha value is -7.56. The van der Waals surface area contributed by atoms with Gasteiger partial charge in [-0.15, -0.1) is 0 Å². The second-order valence-corrected chi connectivity index (χ2v) is 15.6. The van der Waals surface area contributed by atoms with E-state index in [-0.39, 0.29) is 0 Å². The third kappa shape index (κ3) is 4.34. The molecule has 0 aliphatic heterocycles. The SMILES string of the molecule is c1ccc(-n2c3c(c4ccccc42)-c2c(n(-c4ccccc4)c4ccc(-c5ccc6c(c5)c5ccc7c8ccccc8oc7c5n6-c5ccccc5)cc24)CC3)cc1. The molecule has 13 rings (SSSR count). The van der Waals surface area contributed by atoms with E-state index in [1.807, 2.05) is 6.07 Å². The smallest absolute Gasteiger partial charge is 0.160 e. The largest absolute Gasteiger partial charge is 0.454 e. The number of para-hydroxylation sites is 5. The summed E-state index contributed by atoms with van der Waals surface area (Å²) < 4.78 is 14.1. The molecule has 0 saturated carbocycles. The zero-order valence-electron chi connectivity index (χ0n) is 31.6. The zero-order chi connectivity index (χ0) is 37.9. The highest BCUT2D eigenvalue weighted by Gasteiger charge is 2.31. The van der Waals surface area contributed by atoms with Crippen LogP contribution in [0.1, 0.15) is 11.4 Å².